The monoisotopic (exact) mass is 288 g/mol. The van der Waals surface area contributed by atoms with E-state index in [4.69, 9.17) is 13.9 Å². The highest BCUT2D eigenvalue weighted by Crippen LogP contribution is 2.16. The maximum absolute atomic E-state index is 5.78. The summed E-state index contributed by atoms with van der Waals surface area (Å²) in [7, 11) is -0.618. The van der Waals surface area contributed by atoms with Crippen LogP contribution in [0.15, 0.2) is 60.7 Å². The molecule has 2 rings (SSSR count). The molecule has 0 heterocycles. The molecule has 0 bridgehead atoms. The van der Waals surface area contributed by atoms with Gasteiger partial charge in [-0.25, -0.2) is 0 Å². The molecular weight excluding hydrogens is 268 g/mol. The highest BCUT2D eigenvalue weighted by Gasteiger charge is 2.12. The van der Waals surface area contributed by atoms with Crippen molar-refractivity contribution in [1.82, 2.24) is 0 Å². The Hall–Kier alpha value is -1.78. The normalized spacial score (nSPS) is 11.1. The predicted molar refractivity (Wildman–Crippen MR) is 82.7 cm³/mol. The average Bonchev–Trinajstić information content (AvgIpc) is 2.49. The zero-order valence-electron chi connectivity index (χ0n) is 11.7. The zero-order chi connectivity index (χ0) is 14.0. The van der Waals surface area contributed by atoms with Crippen molar-refractivity contribution in [3.63, 3.8) is 0 Å². The maximum Gasteiger partial charge on any atom is 0.350 e. The fraction of sp³-hybridized carbons (Fsp3) is 0.250. The molecule has 0 atom stereocenters. The zero-order valence-corrected chi connectivity index (χ0v) is 13.1. The summed E-state index contributed by atoms with van der Waals surface area (Å²) in [5, 5.41) is 0. The molecule has 0 aliphatic heterocycles. The molecule has 0 amide bonds. The van der Waals surface area contributed by atoms with Crippen molar-refractivity contribution in [2.75, 3.05) is 0 Å². The minimum Gasteiger partial charge on any atom is -0.433 e. The third kappa shape index (κ3) is 5.07. The number of hydrogen-bond acceptors (Lipinski definition) is 3. The molecule has 0 radical (unpaired) electrons. The Labute approximate surface area is 122 Å². The summed E-state index contributed by atoms with van der Waals surface area (Å²) in [6.07, 6.45) is 1.13. The molecular formula is C16H20O3Si. The molecule has 2 aromatic carbocycles. The second kappa shape index (κ2) is 8.40. The summed E-state index contributed by atoms with van der Waals surface area (Å²) in [5.74, 6) is 1.50. The molecule has 0 aliphatic rings. The van der Waals surface area contributed by atoms with Gasteiger partial charge >= 0.3 is 6.48 Å². The summed E-state index contributed by atoms with van der Waals surface area (Å²) in [4.78, 5) is 0. The van der Waals surface area contributed by atoms with Crippen molar-refractivity contribution >= 4 is 9.76 Å². The Morgan fingerprint density at radius 1 is 0.850 bits per heavy atom. The first-order chi connectivity index (χ1) is 9.88. The van der Waals surface area contributed by atoms with Gasteiger partial charge in [-0.05, 0) is 30.3 Å². The molecule has 0 spiro atoms. The molecule has 20 heavy (non-hydrogen) atoms. The van der Waals surface area contributed by atoms with Crippen LogP contribution in [0.2, 0.25) is 6.04 Å². The molecule has 0 saturated heterocycles. The van der Waals surface area contributed by atoms with Gasteiger partial charge in [0, 0.05) is 0 Å². The van der Waals surface area contributed by atoms with Crippen LogP contribution >= 0.6 is 0 Å². The van der Waals surface area contributed by atoms with Gasteiger partial charge in [0.1, 0.15) is 11.5 Å². The van der Waals surface area contributed by atoms with Crippen LogP contribution in [0.25, 0.3) is 0 Å². The molecule has 0 N–H and O–H groups in total. The van der Waals surface area contributed by atoms with Gasteiger partial charge in [-0.2, -0.15) is 0 Å². The molecule has 0 aromatic heterocycles. The van der Waals surface area contributed by atoms with E-state index in [0.717, 1.165) is 24.0 Å². The fourth-order valence-corrected chi connectivity index (χ4v) is 2.42. The van der Waals surface area contributed by atoms with Crippen LogP contribution in [-0.2, 0) is 4.43 Å². The van der Waals surface area contributed by atoms with E-state index < -0.39 is 16.2 Å². The Kier molecular flexibility index (Phi) is 6.14. The lowest BCUT2D eigenvalue weighted by molar-refractivity contribution is -0.140. The van der Waals surface area contributed by atoms with E-state index in [1.54, 1.807) is 0 Å². The van der Waals surface area contributed by atoms with Crippen LogP contribution in [-0.4, -0.2) is 16.2 Å². The largest absolute Gasteiger partial charge is 0.433 e. The van der Waals surface area contributed by atoms with Gasteiger partial charge in [-0.15, -0.1) is 0 Å². The number of hydrogen-bond donors (Lipinski definition) is 0. The van der Waals surface area contributed by atoms with Crippen molar-refractivity contribution in [1.29, 1.82) is 0 Å². The molecule has 4 heteroatoms. The molecule has 0 saturated carbocycles. The smallest absolute Gasteiger partial charge is 0.350 e. The van der Waals surface area contributed by atoms with Gasteiger partial charge in [0.2, 0.25) is 0 Å². The summed E-state index contributed by atoms with van der Waals surface area (Å²) in [5.41, 5.74) is 0. The quantitative estimate of drug-likeness (QED) is 0.423. The summed E-state index contributed by atoms with van der Waals surface area (Å²) >= 11 is 0. The van der Waals surface area contributed by atoms with E-state index in [0.29, 0.717) is 0 Å². The van der Waals surface area contributed by atoms with Crippen LogP contribution in [0.3, 0.4) is 0 Å². The summed E-state index contributed by atoms with van der Waals surface area (Å²) < 4.78 is 17.3. The second-order valence-electron chi connectivity index (χ2n) is 4.37. The van der Waals surface area contributed by atoms with E-state index in [1.165, 1.54) is 0 Å². The standard InChI is InChI=1S/C16H20O3Si/c1-2-13-20-19-16(17-14-9-5-3-6-10-14)18-15-11-7-4-8-12-15/h3-12,16H,2,13,20H2,1H3. The fourth-order valence-electron chi connectivity index (χ4n) is 1.64. The first-order valence-corrected chi connectivity index (χ1v) is 8.51. The molecule has 0 unspecified atom stereocenters. The Balaban J connectivity index is 1.96. The number of ether oxygens (including phenoxy) is 2. The lowest BCUT2D eigenvalue weighted by atomic mass is 10.3. The first kappa shape index (κ1) is 14.6. The van der Waals surface area contributed by atoms with Gasteiger partial charge in [-0.3, -0.25) is 0 Å². The molecule has 0 fully saturated rings. The Morgan fingerprint density at radius 3 is 1.80 bits per heavy atom. The number of benzene rings is 2. The molecule has 3 nitrogen and oxygen atoms in total. The number of rotatable bonds is 8. The lowest BCUT2D eigenvalue weighted by Gasteiger charge is -2.20. The van der Waals surface area contributed by atoms with Gasteiger partial charge < -0.3 is 13.9 Å². The predicted octanol–water partition coefficient (Wildman–Crippen LogP) is 3.36. The maximum atomic E-state index is 5.78. The highest BCUT2D eigenvalue weighted by atomic mass is 28.2. The number of para-hydroxylation sites is 2. The van der Waals surface area contributed by atoms with E-state index >= 15 is 0 Å². The van der Waals surface area contributed by atoms with Gasteiger partial charge in [0.05, 0.1) is 0 Å². The van der Waals surface area contributed by atoms with Crippen molar-refractivity contribution in [3.8, 4) is 11.5 Å². The van der Waals surface area contributed by atoms with Gasteiger partial charge in [0.25, 0.3) is 0 Å². The summed E-state index contributed by atoms with van der Waals surface area (Å²) in [6.45, 7) is 1.49. The third-order valence-corrected chi connectivity index (χ3v) is 4.21. The summed E-state index contributed by atoms with van der Waals surface area (Å²) in [6, 6.07) is 20.3. The molecule has 0 aliphatic carbocycles. The topological polar surface area (TPSA) is 27.7 Å². The van der Waals surface area contributed by atoms with Crippen molar-refractivity contribution in [3.05, 3.63) is 60.7 Å². The first-order valence-electron chi connectivity index (χ1n) is 6.93. The van der Waals surface area contributed by atoms with Crippen molar-refractivity contribution < 1.29 is 13.9 Å². The van der Waals surface area contributed by atoms with Crippen LogP contribution in [0, 0.1) is 0 Å². The van der Waals surface area contributed by atoms with Crippen molar-refractivity contribution in [2.45, 2.75) is 25.9 Å². The Bertz CT molecular complexity index is 434. The van der Waals surface area contributed by atoms with Crippen LogP contribution < -0.4 is 9.47 Å². The Morgan fingerprint density at radius 2 is 1.35 bits per heavy atom. The minimum atomic E-state index is -0.669. The second-order valence-corrected chi connectivity index (χ2v) is 5.82. The minimum absolute atomic E-state index is 0.618. The van der Waals surface area contributed by atoms with Gasteiger partial charge in [-0.1, -0.05) is 49.7 Å². The third-order valence-electron chi connectivity index (χ3n) is 2.70. The van der Waals surface area contributed by atoms with E-state index in [-0.39, 0.29) is 0 Å². The van der Waals surface area contributed by atoms with E-state index in [9.17, 15) is 0 Å². The molecule has 106 valence electrons. The van der Waals surface area contributed by atoms with Crippen LogP contribution in [0.5, 0.6) is 11.5 Å². The van der Waals surface area contributed by atoms with E-state index in [2.05, 4.69) is 6.92 Å². The van der Waals surface area contributed by atoms with Crippen LogP contribution in [0.4, 0.5) is 0 Å². The SMILES string of the molecule is CCC[SiH2]OC(Oc1ccccc1)Oc1ccccc1. The van der Waals surface area contributed by atoms with Gasteiger partial charge in [0.15, 0.2) is 9.76 Å². The van der Waals surface area contributed by atoms with Crippen LogP contribution in [0.1, 0.15) is 13.3 Å². The highest BCUT2D eigenvalue weighted by molar-refractivity contribution is 6.27. The molecule has 2 aromatic rings. The lowest BCUT2D eigenvalue weighted by Crippen LogP contribution is -2.29. The van der Waals surface area contributed by atoms with E-state index in [1.807, 2.05) is 60.7 Å². The van der Waals surface area contributed by atoms with Crippen molar-refractivity contribution in [2.24, 2.45) is 0 Å². The average molecular weight is 288 g/mol.